The van der Waals surface area contributed by atoms with Gasteiger partial charge in [0.25, 0.3) is 17.4 Å². The van der Waals surface area contributed by atoms with Crippen LogP contribution >= 0.6 is 0 Å². The lowest BCUT2D eigenvalue weighted by Crippen LogP contribution is -2.38. The van der Waals surface area contributed by atoms with Gasteiger partial charge in [-0.3, -0.25) is 24.8 Å². The van der Waals surface area contributed by atoms with E-state index >= 15 is 0 Å². The number of amides is 2. The van der Waals surface area contributed by atoms with E-state index in [4.69, 9.17) is 4.42 Å². The van der Waals surface area contributed by atoms with Crippen molar-refractivity contribution < 1.29 is 14.0 Å². The maximum Gasteiger partial charge on any atom is 0.278 e. The first-order chi connectivity index (χ1) is 10.1. The van der Waals surface area contributed by atoms with E-state index < -0.39 is 17.4 Å². The zero-order valence-corrected chi connectivity index (χ0v) is 10.6. The fourth-order valence-electron chi connectivity index (χ4n) is 1.71. The van der Waals surface area contributed by atoms with Crippen molar-refractivity contribution in [2.45, 2.75) is 6.42 Å². The van der Waals surface area contributed by atoms with Crippen molar-refractivity contribution in [3.63, 3.8) is 0 Å². The third kappa shape index (κ3) is 2.56. The van der Waals surface area contributed by atoms with Crippen molar-refractivity contribution in [1.29, 1.82) is 0 Å². The number of carbonyl (C=O) groups excluding carboxylic acids is 2. The van der Waals surface area contributed by atoms with Crippen LogP contribution in [0.1, 0.15) is 17.9 Å². The van der Waals surface area contributed by atoms with E-state index in [0.29, 0.717) is 5.76 Å². The van der Waals surface area contributed by atoms with Gasteiger partial charge in [-0.15, -0.1) is 10.2 Å². The van der Waals surface area contributed by atoms with Gasteiger partial charge < -0.3 is 4.42 Å². The first-order valence-corrected chi connectivity index (χ1v) is 5.94. The number of aromatic nitrogens is 3. The van der Waals surface area contributed by atoms with Crippen molar-refractivity contribution in [2.75, 3.05) is 5.01 Å². The molecule has 0 spiro atoms. The van der Waals surface area contributed by atoms with Gasteiger partial charge in [-0.05, 0) is 24.3 Å². The van der Waals surface area contributed by atoms with Gasteiger partial charge in [-0.25, -0.2) is 0 Å². The number of anilines is 1. The number of rotatable bonds is 3. The number of nitrogens with zero attached hydrogens (tertiary/aromatic N) is 3. The number of aromatic amines is 1. The van der Waals surface area contributed by atoms with Crippen molar-refractivity contribution in [1.82, 2.24) is 20.6 Å². The Morgan fingerprint density at radius 3 is 2.71 bits per heavy atom. The molecule has 1 fully saturated rings. The summed E-state index contributed by atoms with van der Waals surface area (Å²) in [5, 5.41) is 8.28. The molecular weight excluding hydrogens is 278 g/mol. The molecule has 2 aromatic rings. The monoisotopic (exact) mass is 287 g/mol. The molecule has 1 aliphatic rings. The number of hydrogen-bond donors (Lipinski definition) is 2. The largest absolute Gasteiger partial charge is 0.465 e. The van der Waals surface area contributed by atoms with E-state index in [1.807, 2.05) is 0 Å². The Hall–Kier alpha value is -3.23. The summed E-state index contributed by atoms with van der Waals surface area (Å²) < 4.78 is 5.08. The van der Waals surface area contributed by atoms with Gasteiger partial charge in [0.2, 0.25) is 5.91 Å². The quantitative estimate of drug-likeness (QED) is 0.747. The zero-order chi connectivity index (χ0) is 14.8. The van der Waals surface area contributed by atoms with Crippen molar-refractivity contribution in [3.8, 4) is 0 Å². The normalized spacial score (nSPS) is 15.0. The molecule has 0 radical (unpaired) electrons. The molecule has 9 heteroatoms. The highest BCUT2D eigenvalue weighted by Crippen LogP contribution is 2.09. The van der Waals surface area contributed by atoms with Crippen LogP contribution in [0.15, 0.2) is 27.6 Å². The minimum Gasteiger partial charge on any atom is -0.465 e. The molecule has 0 bridgehead atoms. The summed E-state index contributed by atoms with van der Waals surface area (Å²) in [4.78, 5) is 36.8. The van der Waals surface area contributed by atoms with Crippen LogP contribution in [0.2, 0.25) is 0 Å². The van der Waals surface area contributed by atoms with E-state index in [0.717, 1.165) is 5.01 Å². The minimum atomic E-state index is -0.545. The van der Waals surface area contributed by atoms with Crippen LogP contribution < -0.4 is 16.0 Å². The molecule has 2 amide bonds. The summed E-state index contributed by atoms with van der Waals surface area (Å²) >= 11 is 0. The van der Waals surface area contributed by atoms with E-state index in [2.05, 4.69) is 20.6 Å². The maximum atomic E-state index is 11.9. The van der Waals surface area contributed by atoms with E-state index in [1.165, 1.54) is 12.3 Å². The Morgan fingerprint density at radius 2 is 2.10 bits per heavy atom. The first-order valence-electron chi connectivity index (χ1n) is 5.94. The second kappa shape index (κ2) is 5.04. The first kappa shape index (κ1) is 12.8. The highest BCUT2D eigenvalue weighted by atomic mass is 16.3. The Kier molecular flexibility index (Phi) is 3.07. The van der Waals surface area contributed by atoms with Gasteiger partial charge in [0, 0.05) is 0 Å². The number of H-pyrrole nitrogens is 1. The second-order valence-corrected chi connectivity index (χ2v) is 4.15. The SMILES string of the molecule is O=C1CC(=O)N(c2nnc(/C=C/c3ccco3)c(=O)[nH]2)N1. The van der Waals surface area contributed by atoms with Gasteiger partial charge in [0.15, 0.2) is 5.69 Å². The highest BCUT2D eigenvalue weighted by molar-refractivity contribution is 6.11. The number of carbonyl (C=O) groups is 2. The molecule has 1 aliphatic heterocycles. The van der Waals surface area contributed by atoms with Crippen LogP contribution in [0.4, 0.5) is 5.95 Å². The fourth-order valence-corrected chi connectivity index (χ4v) is 1.71. The topological polar surface area (TPSA) is 121 Å². The van der Waals surface area contributed by atoms with Gasteiger partial charge in [0.1, 0.15) is 12.2 Å². The summed E-state index contributed by atoms with van der Waals surface area (Å²) in [5.41, 5.74) is 1.76. The van der Waals surface area contributed by atoms with Crippen LogP contribution in [0, 0.1) is 0 Å². The molecule has 2 N–H and O–H groups in total. The lowest BCUT2D eigenvalue weighted by atomic mass is 10.3. The van der Waals surface area contributed by atoms with Crippen molar-refractivity contribution in [2.24, 2.45) is 0 Å². The lowest BCUT2D eigenvalue weighted by Gasteiger charge is -2.11. The predicted molar refractivity (Wildman–Crippen MR) is 70.5 cm³/mol. The molecule has 2 aromatic heterocycles. The summed E-state index contributed by atoms with van der Waals surface area (Å²) in [5.74, 6) is -0.554. The molecule has 0 saturated carbocycles. The Morgan fingerprint density at radius 1 is 1.24 bits per heavy atom. The molecule has 3 heterocycles. The molecule has 0 atom stereocenters. The number of hydrogen-bond acceptors (Lipinski definition) is 6. The summed E-state index contributed by atoms with van der Waals surface area (Å²) in [6, 6.07) is 3.42. The maximum absolute atomic E-state index is 11.9. The lowest BCUT2D eigenvalue weighted by molar-refractivity contribution is -0.122. The fraction of sp³-hybridized carbons (Fsp3) is 0.0833. The van der Waals surface area contributed by atoms with Crippen LogP contribution in [0.5, 0.6) is 0 Å². The van der Waals surface area contributed by atoms with Gasteiger partial charge in [0.05, 0.1) is 6.26 Å². The van der Waals surface area contributed by atoms with E-state index in [-0.39, 0.29) is 18.1 Å². The van der Waals surface area contributed by atoms with Crippen LogP contribution in [-0.2, 0) is 9.59 Å². The molecule has 1 saturated heterocycles. The third-order valence-corrected chi connectivity index (χ3v) is 2.67. The van der Waals surface area contributed by atoms with Crippen LogP contribution in [0.25, 0.3) is 12.2 Å². The molecular formula is C12H9N5O4. The average Bonchev–Trinajstić information content (AvgIpc) is 3.07. The van der Waals surface area contributed by atoms with Gasteiger partial charge >= 0.3 is 0 Å². The molecule has 9 nitrogen and oxygen atoms in total. The Bertz CT molecular complexity index is 777. The van der Waals surface area contributed by atoms with Gasteiger partial charge in [-0.1, -0.05) is 0 Å². The summed E-state index contributed by atoms with van der Waals surface area (Å²) in [7, 11) is 0. The summed E-state index contributed by atoms with van der Waals surface area (Å²) in [6.45, 7) is 0. The van der Waals surface area contributed by atoms with Crippen molar-refractivity contribution >= 4 is 29.9 Å². The number of furan rings is 1. The molecule has 21 heavy (non-hydrogen) atoms. The predicted octanol–water partition coefficient (Wildman–Crippen LogP) is -0.304. The minimum absolute atomic E-state index is 0.0492. The molecule has 0 unspecified atom stereocenters. The highest BCUT2D eigenvalue weighted by Gasteiger charge is 2.30. The average molecular weight is 287 g/mol. The summed E-state index contributed by atoms with van der Waals surface area (Å²) in [6.07, 6.45) is 4.20. The van der Waals surface area contributed by atoms with Crippen molar-refractivity contribution in [3.05, 3.63) is 40.2 Å². The molecule has 106 valence electrons. The van der Waals surface area contributed by atoms with E-state index in [1.54, 1.807) is 18.2 Å². The smallest absolute Gasteiger partial charge is 0.278 e. The van der Waals surface area contributed by atoms with Crippen LogP contribution in [0.3, 0.4) is 0 Å². The molecule has 3 rings (SSSR count). The standard InChI is InChI=1S/C12H9N5O4/c18-9-6-10(19)17(16-9)12-13-11(20)8(14-15-12)4-3-7-2-1-5-21-7/h1-5H,6H2,(H,16,18)(H,13,15,20)/b4-3+. The molecule has 0 aliphatic carbocycles. The molecule has 0 aromatic carbocycles. The number of hydrazine groups is 1. The third-order valence-electron chi connectivity index (χ3n) is 2.67. The Labute approximate surface area is 117 Å². The van der Waals surface area contributed by atoms with Crippen LogP contribution in [-0.4, -0.2) is 27.0 Å². The second-order valence-electron chi connectivity index (χ2n) is 4.15. The van der Waals surface area contributed by atoms with Gasteiger partial charge in [-0.2, -0.15) is 5.01 Å². The van der Waals surface area contributed by atoms with E-state index in [9.17, 15) is 14.4 Å². The zero-order valence-electron chi connectivity index (χ0n) is 10.6. The Balaban J connectivity index is 1.85. The number of nitrogens with one attached hydrogen (secondary N) is 2.